The molecule has 6 nitrogen and oxygen atoms in total. The van der Waals surface area contributed by atoms with Crippen molar-refractivity contribution in [2.45, 2.75) is 159 Å². The molecule has 3 saturated heterocycles. The van der Waals surface area contributed by atoms with Crippen LogP contribution in [0.25, 0.3) is 0 Å². The fraction of sp³-hybridized carbons (Fsp3) is 1.00. The van der Waals surface area contributed by atoms with Gasteiger partial charge in [0.15, 0.2) is 0 Å². The lowest BCUT2D eigenvalue weighted by atomic mass is 9.87. The van der Waals surface area contributed by atoms with E-state index in [4.69, 9.17) is 28.1 Å². The van der Waals surface area contributed by atoms with Gasteiger partial charge < -0.3 is 28.1 Å². The maximum absolute atomic E-state index is 6.61. The Bertz CT molecular complexity index is 616. The van der Waals surface area contributed by atoms with Gasteiger partial charge in [0.2, 0.25) is 9.04 Å². The Labute approximate surface area is 255 Å². The van der Waals surface area contributed by atoms with Crippen molar-refractivity contribution in [2.24, 2.45) is 5.92 Å². The van der Waals surface area contributed by atoms with Gasteiger partial charge in [-0.15, -0.1) is 0 Å². The second-order valence-electron chi connectivity index (χ2n) is 12.8. The molecule has 5 unspecified atom stereocenters. The Morgan fingerprint density at radius 3 is 1.71 bits per heavy atom. The van der Waals surface area contributed by atoms with E-state index in [9.17, 15) is 0 Å². The minimum Gasteiger partial charge on any atom is -0.417 e. The van der Waals surface area contributed by atoms with E-state index in [0.29, 0.717) is 18.1 Å². The summed E-state index contributed by atoms with van der Waals surface area (Å²) in [5.41, 5.74) is 0. The molecule has 0 aromatic rings. The van der Waals surface area contributed by atoms with E-state index in [1.54, 1.807) is 0 Å². The van der Waals surface area contributed by atoms with Gasteiger partial charge in [-0.05, 0) is 90.0 Å². The van der Waals surface area contributed by atoms with E-state index in [1.165, 1.54) is 122 Å². The summed E-state index contributed by atoms with van der Waals surface area (Å²) < 4.78 is 36.0. The van der Waals surface area contributed by atoms with Crippen LogP contribution < -0.4 is 0 Å². The highest BCUT2D eigenvalue weighted by Gasteiger charge is 2.54. The summed E-state index contributed by atoms with van der Waals surface area (Å²) in [7, 11) is -1.44. The highest BCUT2D eigenvalue weighted by atomic mass is 28.3. The second-order valence-corrected chi connectivity index (χ2v) is 15.7. The molecule has 0 radical (unpaired) electrons. The van der Waals surface area contributed by atoms with E-state index < -0.39 is 9.04 Å². The molecular formula is C34H66O6Si. The molecule has 0 spiro atoms. The van der Waals surface area contributed by atoms with Crippen LogP contribution in [-0.2, 0) is 28.1 Å². The van der Waals surface area contributed by atoms with Gasteiger partial charge in [0.05, 0.1) is 24.0 Å². The van der Waals surface area contributed by atoms with E-state index in [-0.39, 0.29) is 5.22 Å². The van der Waals surface area contributed by atoms with Crippen LogP contribution in [0.3, 0.4) is 0 Å². The van der Waals surface area contributed by atoms with Crippen molar-refractivity contribution in [3.8, 4) is 0 Å². The lowest BCUT2D eigenvalue weighted by molar-refractivity contribution is -0.168. The first-order valence-electron chi connectivity index (χ1n) is 17.9. The number of hydrogen-bond donors (Lipinski definition) is 0. The molecule has 0 aliphatic carbocycles. The van der Waals surface area contributed by atoms with Gasteiger partial charge in [0, 0.05) is 52.2 Å². The summed E-state index contributed by atoms with van der Waals surface area (Å²) in [5, 5.41) is 0.0643. The van der Waals surface area contributed by atoms with Gasteiger partial charge in [-0.25, -0.2) is 0 Å². The number of ether oxygens (including phenoxy) is 5. The van der Waals surface area contributed by atoms with Gasteiger partial charge >= 0.3 is 0 Å². The Hall–Kier alpha value is -0.0231. The molecule has 7 heteroatoms. The highest BCUT2D eigenvalue weighted by molar-refractivity contribution is 6.55. The van der Waals surface area contributed by atoms with E-state index in [0.717, 1.165) is 59.3 Å². The number of rotatable bonds is 29. The molecule has 0 bridgehead atoms. The summed E-state index contributed by atoms with van der Waals surface area (Å²) >= 11 is 0. The van der Waals surface area contributed by atoms with Crippen molar-refractivity contribution in [1.82, 2.24) is 0 Å². The van der Waals surface area contributed by atoms with Crippen molar-refractivity contribution in [1.29, 1.82) is 0 Å². The van der Waals surface area contributed by atoms with Crippen LogP contribution >= 0.6 is 0 Å². The van der Waals surface area contributed by atoms with Gasteiger partial charge in [-0.1, -0.05) is 51.9 Å². The van der Waals surface area contributed by atoms with Crippen molar-refractivity contribution >= 4 is 9.04 Å². The summed E-state index contributed by atoms with van der Waals surface area (Å²) in [6.07, 6.45) is 24.6. The molecule has 0 saturated carbocycles. The molecule has 5 atom stereocenters. The fourth-order valence-electron chi connectivity index (χ4n) is 6.72. The third-order valence-corrected chi connectivity index (χ3v) is 13.3. The molecule has 3 aliphatic heterocycles. The average Bonchev–Trinajstić information content (AvgIpc) is 2.91. The molecule has 41 heavy (non-hydrogen) atoms. The molecule has 3 rings (SSSR count). The molecule has 0 N–H and O–H groups in total. The molecule has 3 heterocycles. The first-order chi connectivity index (χ1) is 20.3. The first-order valence-corrected chi connectivity index (χ1v) is 19.8. The van der Waals surface area contributed by atoms with Crippen molar-refractivity contribution in [3.63, 3.8) is 0 Å². The Morgan fingerprint density at radius 1 is 0.659 bits per heavy atom. The van der Waals surface area contributed by atoms with Crippen LogP contribution in [0, 0.1) is 5.92 Å². The van der Waals surface area contributed by atoms with E-state index in [1.807, 2.05) is 0 Å². The maximum Gasteiger partial charge on any atom is 0.209 e. The number of hydrogen-bond acceptors (Lipinski definition) is 6. The van der Waals surface area contributed by atoms with Gasteiger partial charge in [-0.3, -0.25) is 0 Å². The zero-order chi connectivity index (χ0) is 28.9. The van der Waals surface area contributed by atoms with Crippen LogP contribution in [0.5, 0.6) is 0 Å². The minimum atomic E-state index is -1.44. The molecular weight excluding hydrogens is 532 g/mol. The largest absolute Gasteiger partial charge is 0.417 e. The summed E-state index contributed by atoms with van der Waals surface area (Å²) in [4.78, 5) is 0. The molecule has 3 aliphatic rings. The third-order valence-electron chi connectivity index (χ3n) is 9.64. The molecule has 242 valence electrons. The van der Waals surface area contributed by atoms with Crippen LogP contribution in [0.15, 0.2) is 0 Å². The Balaban J connectivity index is 1.28. The summed E-state index contributed by atoms with van der Waals surface area (Å²) in [5.74, 6) is 0.692. The zero-order valence-electron chi connectivity index (χ0n) is 27.1. The van der Waals surface area contributed by atoms with Crippen molar-refractivity contribution in [2.75, 3.05) is 52.9 Å². The van der Waals surface area contributed by atoms with Crippen molar-refractivity contribution in [3.05, 3.63) is 0 Å². The van der Waals surface area contributed by atoms with Gasteiger partial charge in [0.1, 0.15) is 0 Å². The standard InChI is InChI=1S/C34H66O6Si/c1-3-5-16-29-41(40-4-2)34(22-11-7-13-24-36-26-15-10-19-33-21-28-38-33)31(30-39-34)17-8-6-12-23-35-25-14-9-18-32-20-27-37-32/h31-33,41H,3-30H2,1-2H3. The van der Waals surface area contributed by atoms with E-state index >= 15 is 0 Å². The summed E-state index contributed by atoms with van der Waals surface area (Å²) in [6, 6.07) is 1.27. The van der Waals surface area contributed by atoms with Crippen LogP contribution in [0.1, 0.15) is 136 Å². The van der Waals surface area contributed by atoms with Crippen LogP contribution in [0.2, 0.25) is 6.04 Å². The monoisotopic (exact) mass is 598 g/mol. The predicted octanol–water partition coefficient (Wildman–Crippen LogP) is 7.93. The SMILES string of the molecule is CCCCC[SiH](OCC)C1(CCCCCOCCCCC2CCO2)OCC1CCCCCOCCCCC1CCO1. The molecule has 0 aromatic carbocycles. The van der Waals surface area contributed by atoms with Gasteiger partial charge in [-0.2, -0.15) is 0 Å². The van der Waals surface area contributed by atoms with Crippen molar-refractivity contribution < 1.29 is 28.1 Å². The topological polar surface area (TPSA) is 55.4 Å². The third kappa shape index (κ3) is 13.7. The Morgan fingerprint density at radius 2 is 1.22 bits per heavy atom. The van der Waals surface area contributed by atoms with Crippen LogP contribution in [-0.4, -0.2) is 79.3 Å². The van der Waals surface area contributed by atoms with E-state index in [2.05, 4.69) is 13.8 Å². The first kappa shape index (κ1) is 35.5. The normalized spacial score (nSPS) is 26.3. The Kier molecular flexibility index (Phi) is 19.4. The molecule has 0 amide bonds. The van der Waals surface area contributed by atoms with Crippen LogP contribution in [0.4, 0.5) is 0 Å². The highest BCUT2D eigenvalue weighted by Crippen LogP contribution is 2.44. The number of unbranched alkanes of at least 4 members (excludes halogenated alkanes) is 8. The fourth-order valence-corrected chi connectivity index (χ4v) is 10.3. The lowest BCUT2D eigenvalue weighted by Crippen LogP contribution is -2.64. The summed E-state index contributed by atoms with van der Waals surface area (Å²) in [6.45, 7) is 11.8. The average molecular weight is 599 g/mol. The lowest BCUT2D eigenvalue weighted by Gasteiger charge is -2.53. The predicted molar refractivity (Wildman–Crippen MR) is 170 cm³/mol. The molecule has 0 aromatic heterocycles. The smallest absolute Gasteiger partial charge is 0.209 e. The zero-order valence-corrected chi connectivity index (χ0v) is 28.2. The van der Waals surface area contributed by atoms with Gasteiger partial charge in [0.25, 0.3) is 0 Å². The minimum absolute atomic E-state index is 0.0643. The quantitative estimate of drug-likeness (QED) is 0.0644. The maximum atomic E-state index is 6.61. The molecule has 3 fully saturated rings. The second kappa shape index (κ2) is 22.5.